The largest absolute Gasteiger partial charge is 0.435 e. The molecule has 0 aliphatic rings. The molecule has 0 fully saturated rings. The third-order valence-electron chi connectivity index (χ3n) is 2.95. The van der Waals surface area contributed by atoms with Gasteiger partial charge in [0, 0.05) is 6.07 Å². The minimum absolute atomic E-state index is 0.0222. The molecule has 0 aliphatic carbocycles. The average Bonchev–Trinajstić information content (AvgIpc) is 2.40. The van der Waals surface area contributed by atoms with Crippen molar-refractivity contribution in [3.05, 3.63) is 65.2 Å². The second-order valence-corrected chi connectivity index (χ2v) is 4.37. The molecule has 2 aromatic rings. The standard InChI is InChI=1S/C15H13F4NO/c1-20-14(10-6-11(16)8-12(17)7-10)9-2-4-13(5-3-9)21-15(18)19/h2-8,14-15,20H,1H3. The molecule has 0 aliphatic heterocycles. The highest BCUT2D eigenvalue weighted by Crippen LogP contribution is 2.25. The van der Waals surface area contributed by atoms with E-state index in [4.69, 9.17) is 0 Å². The second-order valence-electron chi connectivity index (χ2n) is 4.37. The number of benzene rings is 2. The van der Waals surface area contributed by atoms with Gasteiger partial charge in [-0.15, -0.1) is 0 Å². The van der Waals surface area contributed by atoms with Gasteiger partial charge >= 0.3 is 6.61 Å². The summed E-state index contributed by atoms with van der Waals surface area (Å²) in [4.78, 5) is 0. The zero-order chi connectivity index (χ0) is 15.4. The fourth-order valence-electron chi connectivity index (χ4n) is 2.11. The lowest BCUT2D eigenvalue weighted by molar-refractivity contribution is -0.0498. The number of ether oxygens (including phenoxy) is 1. The molecule has 0 saturated heterocycles. The SMILES string of the molecule is CNC(c1ccc(OC(F)F)cc1)c1cc(F)cc(F)c1. The van der Waals surface area contributed by atoms with Crippen molar-refractivity contribution >= 4 is 0 Å². The molecular weight excluding hydrogens is 286 g/mol. The maximum atomic E-state index is 13.3. The summed E-state index contributed by atoms with van der Waals surface area (Å²) in [5, 5.41) is 2.93. The fourth-order valence-corrected chi connectivity index (χ4v) is 2.11. The Kier molecular flexibility index (Phi) is 4.80. The number of halogens is 4. The van der Waals surface area contributed by atoms with Crippen LogP contribution in [-0.2, 0) is 0 Å². The van der Waals surface area contributed by atoms with Gasteiger partial charge in [-0.3, -0.25) is 0 Å². The molecule has 2 aromatic carbocycles. The molecule has 1 N–H and O–H groups in total. The van der Waals surface area contributed by atoms with Crippen LogP contribution >= 0.6 is 0 Å². The van der Waals surface area contributed by atoms with Crippen molar-refractivity contribution in [2.75, 3.05) is 7.05 Å². The first-order chi connectivity index (χ1) is 9.99. The molecule has 0 heterocycles. The van der Waals surface area contributed by atoms with Gasteiger partial charge in [-0.2, -0.15) is 8.78 Å². The number of rotatable bonds is 5. The van der Waals surface area contributed by atoms with Crippen molar-refractivity contribution in [3.8, 4) is 5.75 Å². The fraction of sp³-hybridized carbons (Fsp3) is 0.200. The van der Waals surface area contributed by atoms with Gasteiger partial charge in [0.05, 0.1) is 6.04 Å². The van der Waals surface area contributed by atoms with E-state index in [1.165, 1.54) is 24.3 Å². The normalized spacial score (nSPS) is 12.5. The Balaban J connectivity index is 2.28. The van der Waals surface area contributed by atoms with E-state index >= 15 is 0 Å². The molecule has 2 rings (SSSR count). The first-order valence-corrected chi connectivity index (χ1v) is 6.17. The van der Waals surface area contributed by atoms with Crippen molar-refractivity contribution in [1.82, 2.24) is 5.32 Å². The predicted octanol–water partition coefficient (Wildman–Crippen LogP) is 3.88. The van der Waals surface area contributed by atoms with Crippen molar-refractivity contribution in [3.63, 3.8) is 0 Å². The molecule has 0 amide bonds. The van der Waals surface area contributed by atoms with Crippen LogP contribution in [0.25, 0.3) is 0 Å². The molecule has 0 aromatic heterocycles. The van der Waals surface area contributed by atoms with Crippen LogP contribution in [-0.4, -0.2) is 13.7 Å². The molecule has 112 valence electrons. The summed E-state index contributed by atoms with van der Waals surface area (Å²) in [6.45, 7) is -2.90. The second kappa shape index (κ2) is 6.58. The zero-order valence-electron chi connectivity index (χ0n) is 11.1. The van der Waals surface area contributed by atoms with Crippen LogP contribution in [0.1, 0.15) is 17.2 Å². The highest BCUT2D eigenvalue weighted by Gasteiger charge is 2.14. The van der Waals surface area contributed by atoms with Crippen LogP contribution in [0.5, 0.6) is 5.75 Å². The van der Waals surface area contributed by atoms with Crippen LogP contribution in [0.15, 0.2) is 42.5 Å². The van der Waals surface area contributed by atoms with Gasteiger partial charge < -0.3 is 10.1 Å². The third kappa shape index (κ3) is 3.95. The summed E-state index contributed by atoms with van der Waals surface area (Å²) in [6.07, 6.45) is 0. The lowest BCUT2D eigenvalue weighted by Crippen LogP contribution is -2.18. The minimum Gasteiger partial charge on any atom is -0.435 e. The summed E-state index contributed by atoms with van der Waals surface area (Å²) in [6, 6.07) is 8.62. The molecular formula is C15H13F4NO. The summed E-state index contributed by atoms with van der Waals surface area (Å²) in [7, 11) is 1.64. The van der Waals surface area contributed by atoms with E-state index in [1.54, 1.807) is 19.2 Å². The van der Waals surface area contributed by atoms with Gasteiger partial charge in [0.2, 0.25) is 0 Å². The van der Waals surface area contributed by atoms with Crippen molar-refractivity contribution in [1.29, 1.82) is 0 Å². The number of hydrogen-bond donors (Lipinski definition) is 1. The molecule has 21 heavy (non-hydrogen) atoms. The maximum Gasteiger partial charge on any atom is 0.387 e. The van der Waals surface area contributed by atoms with Crippen LogP contribution in [0.3, 0.4) is 0 Å². The van der Waals surface area contributed by atoms with E-state index in [2.05, 4.69) is 10.1 Å². The molecule has 0 radical (unpaired) electrons. The Morgan fingerprint density at radius 2 is 1.48 bits per heavy atom. The maximum absolute atomic E-state index is 13.3. The van der Waals surface area contributed by atoms with Gasteiger partial charge in [0.1, 0.15) is 17.4 Å². The Morgan fingerprint density at radius 1 is 0.905 bits per heavy atom. The van der Waals surface area contributed by atoms with Crippen molar-refractivity contribution in [2.45, 2.75) is 12.7 Å². The van der Waals surface area contributed by atoms with Gasteiger partial charge in [0.15, 0.2) is 0 Å². The van der Waals surface area contributed by atoms with E-state index in [-0.39, 0.29) is 5.75 Å². The topological polar surface area (TPSA) is 21.3 Å². The minimum atomic E-state index is -2.90. The average molecular weight is 299 g/mol. The number of hydrogen-bond acceptors (Lipinski definition) is 2. The Morgan fingerprint density at radius 3 is 1.95 bits per heavy atom. The van der Waals surface area contributed by atoms with Crippen LogP contribution < -0.4 is 10.1 Å². The summed E-state index contributed by atoms with van der Waals surface area (Å²) >= 11 is 0. The van der Waals surface area contributed by atoms with Crippen LogP contribution in [0.2, 0.25) is 0 Å². The number of nitrogens with one attached hydrogen (secondary N) is 1. The van der Waals surface area contributed by atoms with Crippen LogP contribution in [0, 0.1) is 11.6 Å². The molecule has 1 atom stereocenters. The first-order valence-electron chi connectivity index (χ1n) is 6.17. The monoisotopic (exact) mass is 299 g/mol. The Labute approximate surface area is 119 Å². The van der Waals surface area contributed by atoms with Gasteiger partial charge in [-0.25, -0.2) is 8.78 Å². The molecule has 2 nitrogen and oxygen atoms in total. The first kappa shape index (κ1) is 15.3. The summed E-state index contributed by atoms with van der Waals surface area (Å²) < 4.78 is 55.0. The number of alkyl halides is 2. The Bertz CT molecular complexity index is 581. The Hall–Kier alpha value is -2.08. The lowest BCUT2D eigenvalue weighted by Gasteiger charge is -2.18. The molecule has 0 saturated carbocycles. The smallest absolute Gasteiger partial charge is 0.387 e. The highest BCUT2D eigenvalue weighted by molar-refractivity contribution is 5.35. The lowest BCUT2D eigenvalue weighted by atomic mass is 9.98. The summed E-state index contributed by atoms with van der Waals surface area (Å²) in [5.74, 6) is -1.33. The molecule has 6 heteroatoms. The summed E-state index contributed by atoms with van der Waals surface area (Å²) in [5.41, 5.74) is 1.07. The van der Waals surface area contributed by atoms with E-state index in [1.807, 2.05) is 0 Å². The van der Waals surface area contributed by atoms with E-state index in [0.717, 1.165) is 6.07 Å². The van der Waals surface area contributed by atoms with E-state index < -0.39 is 24.3 Å². The predicted molar refractivity (Wildman–Crippen MR) is 70.3 cm³/mol. The van der Waals surface area contributed by atoms with E-state index in [0.29, 0.717) is 11.1 Å². The third-order valence-corrected chi connectivity index (χ3v) is 2.95. The van der Waals surface area contributed by atoms with Crippen molar-refractivity contribution < 1.29 is 22.3 Å². The van der Waals surface area contributed by atoms with Crippen LogP contribution in [0.4, 0.5) is 17.6 Å². The van der Waals surface area contributed by atoms with Crippen molar-refractivity contribution in [2.24, 2.45) is 0 Å². The molecule has 1 unspecified atom stereocenters. The van der Waals surface area contributed by atoms with Gasteiger partial charge in [0.25, 0.3) is 0 Å². The molecule has 0 spiro atoms. The highest BCUT2D eigenvalue weighted by atomic mass is 19.3. The van der Waals surface area contributed by atoms with Gasteiger partial charge in [-0.1, -0.05) is 12.1 Å². The quantitative estimate of drug-likeness (QED) is 0.846. The van der Waals surface area contributed by atoms with Gasteiger partial charge in [-0.05, 0) is 42.4 Å². The zero-order valence-corrected chi connectivity index (χ0v) is 11.1. The van der Waals surface area contributed by atoms with E-state index in [9.17, 15) is 17.6 Å². The molecule has 0 bridgehead atoms.